The van der Waals surface area contributed by atoms with Gasteiger partial charge in [0, 0.05) is 22.6 Å². The Balaban J connectivity index is 1.60. The van der Waals surface area contributed by atoms with Crippen LogP contribution in [-0.2, 0) is 45.9 Å². The van der Waals surface area contributed by atoms with Gasteiger partial charge in [-0.25, -0.2) is 14.2 Å². The Morgan fingerprint density at radius 3 is 2.75 bits per heavy atom. The number of amides is 1. The average Bonchev–Trinajstić information content (AvgIpc) is 3.23. The molecule has 2 atom stereocenters. The summed E-state index contributed by atoms with van der Waals surface area (Å²) >= 11 is 0. The summed E-state index contributed by atoms with van der Waals surface area (Å²) < 4.78 is 21.9. The van der Waals surface area contributed by atoms with Crippen molar-refractivity contribution >= 4 is 28.5 Å². The van der Waals surface area contributed by atoms with Gasteiger partial charge < -0.3 is 25.5 Å². The standard InChI is InChI=1S/C26H25FN4O5/c1-3-26(35)16-7-19-22-14(9-31(19)24(33)15(16)10-36-25(26)34)12-5-4-6-13-20(12)18(29-22)8-17(27)21(13)30-23(32)11(2)28/h7-8,11,35H,3-6,9-10,28H2,1-2H3,(H,30,32)/t11-,26-/m0/s1. The van der Waals surface area contributed by atoms with Gasteiger partial charge in [0.25, 0.3) is 5.56 Å². The van der Waals surface area contributed by atoms with Crippen LogP contribution >= 0.6 is 0 Å². The second-order valence-electron chi connectivity index (χ2n) is 9.76. The minimum Gasteiger partial charge on any atom is -0.458 e. The van der Waals surface area contributed by atoms with Gasteiger partial charge in [-0.1, -0.05) is 6.92 Å². The molecule has 9 nitrogen and oxygen atoms in total. The molecule has 3 aliphatic rings. The van der Waals surface area contributed by atoms with Crippen molar-refractivity contribution in [1.29, 1.82) is 0 Å². The van der Waals surface area contributed by atoms with Gasteiger partial charge in [0.2, 0.25) is 5.91 Å². The van der Waals surface area contributed by atoms with Crippen molar-refractivity contribution < 1.29 is 23.8 Å². The van der Waals surface area contributed by atoms with Crippen molar-refractivity contribution in [3.8, 4) is 11.4 Å². The molecule has 1 aromatic carbocycles. The molecule has 0 radical (unpaired) electrons. The molecule has 0 spiro atoms. The fraction of sp³-hybridized carbons (Fsp3) is 0.385. The number of nitrogens with zero attached hydrogens (tertiary/aromatic N) is 2. The molecule has 2 aromatic heterocycles. The highest BCUT2D eigenvalue weighted by Crippen LogP contribution is 2.44. The lowest BCUT2D eigenvalue weighted by atomic mass is 9.85. The second kappa shape index (κ2) is 7.68. The normalized spacial score (nSPS) is 20.4. The number of carbonyl (C=O) groups is 2. The maximum atomic E-state index is 15.2. The number of benzene rings is 1. The Morgan fingerprint density at radius 1 is 1.28 bits per heavy atom. The van der Waals surface area contributed by atoms with Crippen molar-refractivity contribution in [1.82, 2.24) is 9.55 Å². The molecule has 0 bridgehead atoms. The van der Waals surface area contributed by atoms with Crippen LogP contribution in [0.2, 0.25) is 0 Å². The number of nitrogens with one attached hydrogen (secondary N) is 1. The van der Waals surface area contributed by atoms with Crippen LogP contribution in [0.15, 0.2) is 16.9 Å². The first-order valence-electron chi connectivity index (χ1n) is 12.1. The number of aliphatic hydroxyl groups is 1. The van der Waals surface area contributed by atoms with Crippen LogP contribution in [0.5, 0.6) is 0 Å². The maximum Gasteiger partial charge on any atom is 0.343 e. The molecular weight excluding hydrogens is 467 g/mol. The van der Waals surface area contributed by atoms with Crippen LogP contribution in [0.1, 0.15) is 54.5 Å². The number of carbonyl (C=O) groups excluding carboxylic acids is 2. The molecule has 10 heteroatoms. The van der Waals surface area contributed by atoms with Crippen molar-refractivity contribution in [2.75, 3.05) is 5.32 Å². The van der Waals surface area contributed by atoms with Crippen molar-refractivity contribution in [2.45, 2.75) is 64.3 Å². The number of aryl methyl sites for hydroxylation is 2. The molecule has 0 saturated carbocycles. The Hall–Kier alpha value is -3.63. The first-order chi connectivity index (χ1) is 17.2. The Kier molecular flexibility index (Phi) is 4.87. The van der Waals surface area contributed by atoms with E-state index in [-0.39, 0.29) is 41.9 Å². The number of pyridine rings is 2. The fourth-order valence-corrected chi connectivity index (χ4v) is 5.73. The highest BCUT2D eigenvalue weighted by atomic mass is 19.1. The predicted octanol–water partition coefficient (Wildman–Crippen LogP) is 1.99. The van der Waals surface area contributed by atoms with E-state index in [4.69, 9.17) is 15.5 Å². The van der Waals surface area contributed by atoms with E-state index < -0.39 is 29.3 Å². The lowest BCUT2D eigenvalue weighted by Gasteiger charge is -2.31. The number of esters is 1. The summed E-state index contributed by atoms with van der Waals surface area (Å²) in [5, 5.41) is 14.5. The molecule has 4 heterocycles. The number of fused-ring (bicyclic) bond motifs is 5. The van der Waals surface area contributed by atoms with Gasteiger partial charge in [0.1, 0.15) is 12.4 Å². The molecule has 2 aliphatic heterocycles. The van der Waals surface area contributed by atoms with Crippen molar-refractivity contribution in [2.24, 2.45) is 5.73 Å². The van der Waals surface area contributed by atoms with E-state index in [1.807, 2.05) is 0 Å². The number of nitrogens with two attached hydrogens (primary N) is 1. The SMILES string of the molecule is CC[C@@]1(O)C(=O)OCc2c1cc1n(c2=O)Cc2c-1nc1cc(F)c(NC(=O)[C@H](C)N)c3c1c2CCC3. The summed E-state index contributed by atoms with van der Waals surface area (Å²) in [5.74, 6) is -1.86. The third-order valence-corrected chi connectivity index (χ3v) is 7.66. The minimum atomic E-state index is -1.91. The molecule has 0 saturated heterocycles. The quantitative estimate of drug-likeness (QED) is 0.372. The van der Waals surface area contributed by atoms with Gasteiger partial charge >= 0.3 is 5.97 Å². The summed E-state index contributed by atoms with van der Waals surface area (Å²) in [6.07, 6.45) is 2.07. The van der Waals surface area contributed by atoms with Gasteiger partial charge in [0.15, 0.2) is 5.60 Å². The first kappa shape index (κ1) is 22.8. The largest absolute Gasteiger partial charge is 0.458 e. The highest BCUT2D eigenvalue weighted by Gasteiger charge is 2.45. The lowest BCUT2D eigenvalue weighted by Crippen LogP contribution is -2.44. The monoisotopic (exact) mass is 492 g/mol. The highest BCUT2D eigenvalue weighted by molar-refractivity contribution is 6.01. The van der Waals surface area contributed by atoms with Gasteiger partial charge in [0.05, 0.1) is 40.7 Å². The van der Waals surface area contributed by atoms with Crippen LogP contribution in [0, 0.1) is 5.82 Å². The molecule has 186 valence electrons. The Bertz CT molecular complexity index is 1580. The lowest BCUT2D eigenvalue weighted by molar-refractivity contribution is -0.172. The van der Waals surface area contributed by atoms with E-state index >= 15 is 4.39 Å². The molecule has 3 aromatic rings. The van der Waals surface area contributed by atoms with Crippen LogP contribution in [0.3, 0.4) is 0 Å². The zero-order valence-corrected chi connectivity index (χ0v) is 19.9. The van der Waals surface area contributed by atoms with Crippen LogP contribution < -0.4 is 16.6 Å². The van der Waals surface area contributed by atoms with Crippen molar-refractivity contribution in [3.05, 3.63) is 56.1 Å². The Labute approximate surface area is 205 Å². The molecule has 4 N–H and O–H groups in total. The number of hydrogen-bond donors (Lipinski definition) is 3. The van der Waals surface area contributed by atoms with E-state index in [2.05, 4.69) is 5.32 Å². The number of cyclic esters (lactones) is 1. The Morgan fingerprint density at radius 2 is 2.03 bits per heavy atom. The summed E-state index contributed by atoms with van der Waals surface area (Å²) in [6, 6.07) is 2.15. The minimum absolute atomic E-state index is 0.0511. The van der Waals surface area contributed by atoms with Crippen LogP contribution in [-0.4, -0.2) is 32.6 Å². The fourth-order valence-electron chi connectivity index (χ4n) is 5.73. The summed E-state index contributed by atoms with van der Waals surface area (Å²) in [4.78, 5) is 42.9. The third kappa shape index (κ3) is 2.94. The van der Waals surface area contributed by atoms with Gasteiger partial charge in [-0.2, -0.15) is 0 Å². The summed E-state index contributed by atoms with van der Waals surface area (Å²) in [6.45, 7) is 3.25. The van der Waals surface area contributed by atoms with Crippen LogP contribution in [0.4, 0.5) is 10.1 Å². The maximum absolute atomic E-state index is 15.2. The van der Waals surface area contributed by atoms with Gasteiger partial charge in [-0.3, -0.25) is 9.59 Å². The number of anilines is 1. The zero-order chi connectivity index (χ0) is 25.5. The molecule has 0 unspecified atom stereocenters. The predicted molar refractivity (Wildman–Crippen MR) is 129 cm³/mol. The molecule has 1 aliphatic carbocycles. The summed E-state index contributed by atoms with van der Waals surface area (Å²) in [5.41, 5.74) is 7.98. The second-order valence-corrected chi connectivity index (χ2v) is 9.76. The molecular formula is C26H25FN4O5. The molecule has 0 fully saturated rings. The number of rotatable bonds is 3. The van der Waals surface area contributed by atoms with Gasteiger partial charge in [-0.05, 0) is 49.8 Å². The zero-order valence-electron chi connectivity index (χ0n) is 19.9. The molecule has 36 heavy (non-hydrogen) atoms. The van der Waals surface area contributed by atoms with E-state index in [0.717, 1.165) is 22.9 Å². The molecule has 1 amide bonds. The smallest absolute Gasteiger partial charge is 0.343 e. The topological polar surface area (TPSA) is 137 Å². The van der Waals surface area contributed by atoms with Crippen molar-refractivity contribution in [3.63, 3.8) is 0 Å². The number of aromatic nitrogens is 2. The summed E-state index contributed by atoms with van der Waals surface area (Å²) in [7, 11) is 0. The van der Waals surface area contributed by atoms with Crippen LogP contribution in [0.25, 0.3) is 22.3 Å². The molecule has 6 rings (SSSR count). The third-order valence-electron chi connectivity index (χ3n) is 7.66. The van der Waals surface area contributed by atoms with Gasteiger partial charge in [-0.15, -0.1) is 0 Å². The van der Waals surface area contributed by atoms with E-state index in [9.17, 15) is 19.5 Å². The van der Waals surface area contributed by atoms with E-state index in [0.29, 0.717) is 35.3 Å². The number of halogens is 1. The average molecular weight is 493 g/mol. The number of ether oxygens (including phenoxy) is 1. The van der Waals surface area contributed by atoms with E-state index in [1.165, 1.54) is 13.0 Å². The first-order valence-corrected chi connectivity index (χ1v) is 12.1. The number of hydrogen-bond acceptors (Lipinski definition) is 7. The van der Waals surface area contributed by atoms with E-state index in [1.54, 1.807) is 17.6 Å².